The molecule has 1 aromatic carbocycles. The van der Waals surface area contributed by atoms with Crippen LogP contribution in [0.1, 0.15) is 29.7 Å². The predicted molar refractivity (Wildman–Crippen MR) is 94.9 cm³/mol. The number of H-pyrrole nitrogens is 1. The molecule has 132 valence electrons. The molecule has 0 amide bonds. The van der Waals surface area contributed by atoms with Crippen molar-refractivity contribution >= 4 is 15.7 Å². The Morgan fingerprint density at radius 1 is 1.16 bits per heavy atom. The molecule has 3 aromatic rings. The first kappa shape index (κ1) is 17.2. The third-order valence-corrected chi connectivity index (χ3v) is 5.51. The molecule has 25 heavy (non-hydrogen) atoms. The monoisotopic (exact) mass is 360 g/mol. The van der Waals surface area contributed by atoms with Crippen LogP contribution in [0.2, 0.25) is 0 Å². The number of sulfonamides is 1. The van der Waals surface area contributed by atoms with E-state index in [1.54, 1.807) is 26.0 Å². The van der Waals surface area contributed by atoms with E-state index in [1.807, 2.05) is 26.0 Å². The number of aromatic amines is 1. The normalized spacial score (nSPS) is 11.7. The average molecular weight is 360 g/mol. The van der Waals surface area contributed by atoms with Crippen molar-refractivity contribution in [3.63, 3.8) is 0 Å². The van der Waals surface area contributed by atoms with Gasteiger partial charge in [0.2, 0.25) is 0 Å². The summed E-state index contributed by atoms with van der Waals surface area (Å²) in [6.07, 6.45) is 0.607. The van der Waals surface area contributed by atoms with E-state index in [-0.39, 0.29) is 10.8 Å². The van der Waals surface area contributed by atoms with Crippen LogP contribution in [0.5, 0.6) is 0 Å². The molecule has 7 nitrogen and oxygen atoms in total. The quantitative estimate of drug-likeness (QED) is 0.726. The van der Waals surface area contributed by atoms with Gasteiger partial charge in [0.15, 0.2) is 5.82 Å². The van der Waals surface area contributed by atoms with Crippen molar-refractivity contribution in [2.24, 2.45) is 0 Å². The summed E-state index contributed by atoms with van der Waals surface area (Å²) in [5.74, 6) is 0.729. The number of para-hydroxylation sites is 1. The standard InChI is InChI=1S/C17H20N4O3S/c1-5-14-19-17(24-20-14)15-11(3)18-12(4)16(15)25(22,23)21-13-9-7-6-8-10(13)2/h6-9,18,21H,5H2,1-4H3. The Hall–Kier alpha value is -2.61. The summed E-state index contributed by atoms with van der Waals surface area (Å²) >= 11 is 0. The number of hydrogen-bond donors (Lipinski definition) is 2. The number of nitrogens with one attached hydrogen (secondary N) is 2. The zero-order valence-corrected chi connectivity index (χ0v) is 15.4. The van der Waals surface area contributed by atoms with Crippen molar-refractivity contribution < 1.29 is 12.9 Å². The fourth-order valence-electron chi connectivity index (χ4n) is 2.73. The predicted octanol–water partition coefficient (Wildman–Crippen LogP) is 3.35. The lowest BCUT2D eigenvalue weighted by Gasteiger charge is -2.11. The Bertz CT molecular complexity index is 1020. The molecule has 2 N–H and O–H groups in total. The van der Waals surface area contributed by atoms with Gasteiger partial charge in [-0.2, -0.15) is 4.98 Å². The van der Waals surface area contributed by atoms with Crippen molar-refractivity contribution in [2.75, 3.05) is 4.72 Å². The second kappa shape index (κ2) is 6.36. The topological polar surface area (TPSA) is 101 Å². The first-order valence-electron chi connectivity index (χ1n) is 7.94. The molecule has 0 radical (unpaired) electrons. The molecule has 0 aliphatic rings. The van der Waals surface area contributed by atoms with Crippen LogP contribution in [0.25, 0.3) is 11.5 Å². The van der Waals surface area contributed by atoms with Crippen LogP contribution in [0, 0.1) is 20.8 Å². The summed E-state index contributed by atoms with van der Waals surface area (Å²) in [6, 6.07) is 7.21. The molecule has 0 bridgehead atoms. The highest BCUT2D eigenvalue weighted by atomic mass is 32.2. The second-order valence-corrected chi connectivity index (χ2v) is 7.49. The van der Waals surface area contributed by atoms with Gasteiger partial charge in [-0.1, -0.05) is 30.3 Å². The van der Waals surface area contributed by atoms with Gasteiger partial charge in [-0.05, 0) is 32.4 Å². The maximum Gasteiger partial charge on any atom is 0.264 e. The fourth-order valence-corrected chi connectivity index (χ4v) is 4.32. The Kier molecular flexibility index (Phi) is 4.38. The second-order valence-electron chi connectivity index (χ2n) is 5.87. The number of nitrogens with zero attached hydrogens (tertiary/aromatic N) is 2. The number of aromatic nitrogens is 3. The third kappa shape index (κ3) is 3.17. The minimum atomic E-state index is -3.83. The van der Waals surface area contributed by atoms with Gasteiger partial charge < -0.3 is 9.51 Å². The Morgan fingerprint density at radius 2 is 1.88 bits per heavy atom. The van der Waals surface area contributed by atoms with Gasteiger partial charge in [-0.25, -0.2) is 8.42 Å². The molecule has 0 aliphatic carbocycles. The lowest BCUT2D eigenvalue weighted by molar-refractivity contribution is 0.422. The Labute approximate surface area is 146 Å². The number of anilines is 1. The molecule has 0 fully saturated rings. The molecule has 3 rings (SSSR count). The van der Waals surface area contributed by atoms with Crippen LogP contribution in [-0.4, -0.2) is 23.5 Å². The smallest absolute Gasteiger partial charge is 0.264 e. The molecule has 2 heterocycles. The van der Waals surface area contributed by atoms with E-state index in [4.69, 9.17) is 4.52 Å². The van der Waals surface area contributed by atoms with E-state index in [0.29, 0.717) is 34.9 Å². The van der Waals surface area contributed by atoms with Gasteiger partial charge >= 0.3 is 0 Å². The number of hydrogen-bond acceptors (Lipinski definition) is 5. The highest BCUT2D eigenvalue weighted by Gasteiger charge is 2.29. The van der Waals surface area contributed by atoms with Crippen molar-refractivity contribution in [1.29, 1.82) is 0 Å². The van der Waals surface area contributed by atoms with Crippen LogP contribution in [0.15, 0.2) is 33.7 Å². The van der Waals surface area contributed by atoms with Gasteiger partial charge in [0.1, 0.15) is 4.90 Å². The molecule has 0 unspecified atom stereocenters. The lowest BCUT2D eigenvalue weighted by Crippen LogP contribution is -2.15. The molecule has 0 saturated heterocycles. The molecule has 0 saturated carbocycles. The first-order valence-corrected chi connectivity index (χ1v) is 9.42. The van der Waals surface area contributed by atoms with E-state index in [9.17, 15) is 8.42 Å². The Morgan fingerprint density at radius 3 is 2.52 bits per heavy atom. The largest absolute Gasteiger partial charge is 0.361 e. The van der Waals surface area contributed by atoms with E-state index in [0.717, 1.165) is 5.56 Å². The van der Waals surface area contributed by atoms with E-state index >= 15 is 0 Å². The number of aryl methyl sites for hydroxylation is 4. The van der Waals surface area contributed by atoms with Crippen molar-refractivity contribution in [2.45, 2.75) is 39.0 Å². The van der Waals surface area contributed by atoms with Gasteiger partial charge in [-0.15, -0.1) is 0 Å². The van der Waals surface area contributed by atoms with Crippen molar-refractivity contribution in [3.8, 4) is 11.5 Å². The third-order valence-electron chi connectivity index (χ3n) is 3.97. The molecule has 8 heteroatoms. The summed E-state index contributed by atoms with van der Waals surface area (Å²) in [6.45, 7) is 7.24. The molecule has 2 aromatic heterocycles. The highest BCUT2D eigenvalue weighted by Crippen LogP contribution is 2.33. The molecular weight excluding hydrogens is 340 g/mol. The summed E-state index contributed by atoms with van der Waals surface area (Å²) < 4.78 is 34.0. The van der Waals surface area contributed by atoms with Gasteiger partial charge in [0.25, 0.3) is 15.9 Å². The molecule has 0 atom stereocenters. The SMILES string of the molecule is CCc1noc(-c2c(C)[nH]c(C)c2S(=O)(=O)Nc2ccccc2C)n1. The Balaban J connectivity index is 2.12. The molecule has 0 spiro atoms. The van der Waals surface area contributed by atoms with Crippen LogP contribution < -0.4 is 4.72 Å². The van der Waals surface area contributed by atoms with E-state index in [1.165, 1.54) is 0 Å². The minimum Gasteiger partial charge on any atom is -0.361 e. The molecular formula is C17H20N4O3S. The zero-order valence-electron chi connectivity index (χ0n) is 14.5. The van der Waals surface area contributed by atoms with Crippen LogP contribution in [0.4, 0.5) is 5.69 Å². The highest BCUT2D eigenvalue weighted by molar-refractivity contribution is 7.93. The maximum atomic E-state index is 13.0. The van der Waals surface area contributed by atoms with Crippen molar-refractivity contribution in [3.05, 3.63) is 47.0 Å². The van der Waals surface area contributed by atoms with E-state index in [2.05, 4.69) is 19.8 Å². The van der Waals surface area contributed by atoms with Gasteiger partial charge in [0, 0.05) is 17.8 Å². The van der Waals surface area contributed by atoms with Crippen LogP contribution in [-0.2, 0) is 16.4 Å². The van der Waals surface area contributed by atoms with Crippen molar-refractivity contribution in [1.82, 2.24) is 15.1 Å². The zero-order chi connectivity index (χ0) is 18.2. The maximum absolute atomic E-state index is 13.0. The average Bonchev–Trinajstić information content (AvgIpc) is 3.13. The lowest BCUT2D eigenvalue weighted by atomic mass is 10.2. The van der Waals surface area contributed by atoms with Crippen LogP contribution >= 0.6 is 0 Å². The van der Waals surface area contributed by atoms with Gasteiger partial charge in [0.05, 0.1) is 11.3 Å². The summed E-state index contributed by atoms with van der Waals surface area (Å²) in [5.41, 5.74) is 2.96. The molecule has 0 aliphatic heterocycles. The van der Waals surface area contributed by atoms with Crippen LogP contribution in [0.3, 0.4) is 0 Å². The number of benzene rings is 1. The summed E-state index contributed by atoms with van der Waals surface area (Å²) in [7, 11) is -3.83. The summed E-state index contributed by atoms with van der Waals surface area (Å²) in [4.78, 5) is 7.47. The minimum absolute atomic E-state index is 0.125. The van der Waals surface area contributed by atoms with E-state index < -0.39 is 10.0 Å². The first-order chi connectivity index (χ1) is 11.8. The number of rotatable bonds is 5. The van der Waals surface area contributed by atoms with Gasteiger partial charge in [-0.3, -0.25) is 4.72 Å². The fraction of sp³-hybridized carbons (Fsp3) is 0.294. The summed E-state index contributed by atoms with van der Waals surface area (Å²) in [5, 5.41) is 3.87.